The van der Waals surface area contributed by atoms with Crippen molar-refractivity contribution < 1.29 is 0 Å². The van der Waals surface area contributed by atoms with Crippen LogP contribution in [-0.2, 0) is 5.41 Å². The molecular formula is C16H22. The molecule has 2 saturated carbocycles. The normalized spacial score (nSPS) is 38.3. The molecule has 0 spiro atoms. The third kappa shape index (κ3) is 1.59. The van der Waals surface area contributed by atoms with Gasteiger partial charge in [-0.25, -0.2) is 0 Å². The summed E-state index contributed by atoms with van der Waals surface area (Å²) < 4.78 is 0. The van der Waals surface area contributed by atoms with Crippen molar-refractivity contribution in [1.82, 2.24) is 0 Å². The van der Waals surface area contributed by atoms with Crippen molar-refractivity contribution in [3.63, 3.8) is 0 Å². The first-order valence-corrected chi connectivity index (χ1v) is 6.78. The van der Waals surface area contributed by atoms with E-state index in [-0.39, 0.29) is 0 Å². The standard InChI is InChI=1S/C16H22/c1-15-9-5-11-16(13-15,12-6-10-15)14-7-3-2-4-8-14/h2-4,7-8H,5-6,9-13H2,1H3. The highest BCUT2D eigenvalue weighted by Crippen LogP contribution is 2.56. The summed E-state index contributed by atoms with van der Waals surface area (Å²) in [7, 11) is 0. The van der Waals surface area contributed by atoms with Gasteiger partial charge in [0, 0.05) is 0 Å². The van der Waals surface area contributed by atoms with Gasteiger partial charge in [-0.1, -0.05) is 50.1 Å². The van der Waals surface area contributed by atoms with Crippen molar-refractivity contribution in [2.75, 3.05) is 0 Å². The highest BCUT2D eigenvalue weighted by atomic mass is 14.5. The van der Waals surface area contributed by atoms with E-state index in [1.807, 2.05) is 0 Å². The molecule has 16 heavy (non-hydrogen) atoms. The Morgan fingerprint density at radius 3 is 2.12 bits per heavy atom. The Kier molecular flexibility index (Phi) is 2.34. The lowest BCUT2D eigenvalue weighted by Crippen LogP contribution is -2.41. The maximum absolute atomic E-state index is 2.52. The molecule has 0 N–H and O–H groups in total. The van der Waals surface area contributed by atoms with E-state index < -0.39 is 0 Å². The molecule has 1 aromatic carbocycles. The Morgan fingerprint density at radius 2 is 1.50 bits per heavy atom. The average Bonchev–Trinajstić information content (AvgIpc) is 2.29. The fraction of sp³-hybridized carbons (Fsp3) is 0.625. The van der Waals surface area contributed by atoms with E-state index in [4.69, 9.17) is 0 Å². The van der Waals surface area contributed by atoms with Gasteiger partial charge >= 0.3 is 0 Å². The van der Waals surface area contributed by atoms with Crippen LogP contribution in [0.15, 0.2) is 30.3 Å². The zero-order chi connectivity index (χ0) is 11.1. The summed E-state index contributed by atoms with van der Waals surface area (Å²) in [5, 5.41) is 0. The minimum atomic E-state index is 0.534. The lowest BCUT2D eigenvalue weighted by Gasteiger charge is -2.51. The summed E-state index contributed by atoms with van der Waals surface area (Å²) in [5.41, 5.74) is 2.79. The maximum Gasteiger partial charge on any atom is -0.00418 e. The van der Waals surface area contributed by atoms with E-state index in [1.165, 1.54) is 44.9 Å². The van der Waals surface area contributed by atoms with Gasteiger partial charge in [-0.05, 0) is 48.5 Å². The summed E-state index contributed by atoms with van der Waals surface area (Å²) in [6.45, 7) is 2.52. The summed E-state index contributed by atoms with van der Waals surface area (Å²) in [6.07, 6.45) is 10.1. The van der Waals surface area contributed by atoms with Gasteiger partial charge in [0.15, 0.2) is 0 Å². The van der Waals surface area contributed by atoms with Crippen LogP contribution in [0, 0.1) is 5.41 Å². The second-order valence-corrected chi connectivity index (χ2v) is 6.34. The molecule has 2 aliphatic rings. The third-order valence-electron chi connectivity index (χ3n) is 5.02. The highest BCUT2D eigenvalue weighted by molar-refractivity contribution is 5.27. The molecule has 0 heteroatoms. The number of hydrogen-bond donors (Lipinski definition) is 0. The molecule has 3 rings (SSSR count). The minimum Gasteiger partial charge on any atom is -0.0622 e. The number of fused-ring (bicyclic) bond motifs is 2. The van der Waals surface area contributed by atoms with Gasteiger partial charge < -0.3 is 0 Å². The lowest BCUT2D eigenvalue weighted by atomic mass is 9.53. The SMILES string of the molecule is CC12CCCC(c3ccccc3)(CCC1)C2. The van der Waals surface area contributed by atoms with Crippen LogP contribution in [0.5, 0.6) is 0 Å². The topological polar surface area (TPSA) is 0 Å². The maximum atomic E-state index is 2.52. The van der Waals surface area contributed by atoms with E-state index >= 15 is 0 Å². The molecule has 2 bridgehead atoms. The van der Waals surface area contributed by atoms with E-state index in [0.717, 1.165) is 0 Å². The molecule has 0 nitrogen and oxygen atoms in total. The highest BCUT2D eigenvalue weighted by Gasteiger charge is 2.45. The third-order valence-corrected chi connectivity index (χ3v) is 5.02. The molecule has 0 atom stereocenters. The molecule has 0 heterocycles. The Labute approximate surface area is 99.1 Å². The van der Waals surface area contributed by atoms with Crippen molar-refractivity contribution >= 4 is 0 Å². The first-order chi connectivity index (χ1) is 7.73. The first kappa shape index (κ1) is 10.4. The van der Waals surface area contributed by atoms with Crippen molar-refractivity contribution in [3.8, 4) is 0 Å². The predicted octanol–water partition coefficient (Wildman–Crippen LogP) is 4.69. The van der Waals surface area contributed by atoms with Gasteiger partial charge in [0.1, 0.15) is 0 Å². The van der Waals surface area contributed by atoms with Gasteiger partial charge in [-0.3, -0.25) is 0 Å². The summed E-state index contributed by atoms with van der Waals surface area (Å²) in [6, 6.07) is 11.3. The summed E-state index contributed by atoms with van der Waals surface area (Å²) in [4.78, 5) is 0. The van der Waals surface area contributed by atoms with Crippen molar-refractivity contribution in [3.05, 3.63) is 35.9 Å². The average molecular weight is 214 g/mol. The second kappa shape index (κ2) is 3.61. The molecule has 0 saturated heterocycles. The van der Waals surface area contributed by atoms with Gasteiger partial charge in [-0.2, -0.15) is 0 Å². The van der Waals surface area contributed by atoms with Crippen LogP contribution in [-0.4, -0.2) is 0 Å². The number of benzene rings is 1. The molecule has 2 aliphatic carbocycles. The zero-order valence-corrected chi connectivity index (χ0v) is 10.3. The van der Waals surface area contributed by atoms with Crippen LogP contribution in [0.25, 0.3) is 0 Å². The zero-order valence-electron chi connectivity index (χ0n) is 10.3. The summed E-state index contributed by atoms with van der Waals surface area (Å²) in [5.74, 6) is 0. The molecule has 2 fully saturated rings. The molecule has 86 valence electrons. The van der Waals surface area contributed by atoms with Crippen molar-refractivity contribution in [2.45, 2.75) is 57.3 Å². The smallest absolute Gasteiger partial charge is 0.00418 e. The fourth-order valence-corrected chi connectivity index (χ4v) is 4.31. The van der Waals surface area contributed by atoms with Crippen LogP contribution in [0.2, 0.25) is 0 Å². The van der Waals surface area contributed by atoms with Crippen LogP contribution in [0.4, 0.5) is 0 Å². The molecule has 0 unspecified atom stereocenters. The van der Waals surface area contributed by atoms with Gasteiger partial charge in [0.25, 0.3) is 0 Å². The molecule has 1 aromatic rings. The Hall–Kier alpha value is -0.780. The molecular weight excluding hydrogens is 192 g/mol. The fourth-order valence-electron chi connectivity index (χ4n) is 4.31. The van der Waals surface area contributed by atoms with Crippen LogP contribution >= 0.6 is 0 Å². The first-order valence-electron chi connectivity index (χ1n) is 6.78. The molecule has 0 aromatic heterocycles. The Bertz CT molecular complexity index is 353. The molecule has 0 radical (unpaired) electrons. The van der Waals surface area contributed by atoms with E-state index in [1.54, 1.807) is 5.56 Å². The predicted molar refractivity (Wildman–Crippen MR) is 68.5 cm³/mol. The second-order valence-electron chi connectivity index (χ2n) is 6.34. The van der Waals surface area contributed by atoms with E-state index in [9.17, 15) is 0 Å². The Morgan fingerprint density at radius 1 is 0.875 bits per heavy atom. The minimum absolute atomic E-state index is 0.534. The van der Waals surface area contributed by atoms with E-state index in [2.05, 4.69) is 37.3 Å². The van der Waals surface area contributed by atoms with Gasteiger partial charge in [0.05, 0.1) is 0 Å². The molecule has 0 aliphatic heterocycles. The number of hydrogen-bond acceptors (Lipinski definition) is 0. The largest absolute Gasteiger partial charge is 0.0622 e. The van der Waals surface area contributed by atoms with Gasteiger partial charge in [0.2, 0.25) is 0 Å². The summed E-state index contributed by atoms with van der Waals surface area (Å²) >= 11 is 0. The van der Waals surface area contributed by atoms with Crippen LogP contribution in [0.1, 0.15) is 57.4 Å². The Balaban J connectivity index is 1.98. The lowest BCUT2D eigenvalue weighted by molar-refractivity contribution is 0.0673. The monoisotopic (exact) mass is 214 g/mol. The van der Waals surface area contributed by atoms with Gasteiger partial charge in [-0.15, -0.1) is 0 Å². The van der Waals surface area contributed by atoms with Crippen LogP contribution < -0.4 is 0 Å². The van der Waals surface area contributed by atoms with Crippen molar-refractivity contribution in [2.24, 2.45) is 5.41 Å². The van der Waals surface area contributed by atoms with Crippen LogP contribution in [0.3, 0.4) is 0 Å². The molecule has 0 amide bonds. The van der Waals surface area contributed by atoms with E-state index in [0.29, 0.717) is 10.8 Å². The van der Waals surface area contributed by atoms with Crippen molar-refractivity contribution in [1.29, 1.82) is 0 Å². The quantitative estimate of drug-likeness (QED) is 0.636. The number of rotatable bonds is 1.